The van der Waals surface area contributed by atoms with Crippen LogP contribution in [-0.4, -0.2) is 0 Å². The molecule has 0 aliphatic heterocycles. The van der Waals surface area contributed by atoms with Gasteiger partial charge in [0.1, 0.15) is 0 Å². The second-order valence-electron chi connectivity index (χ2n) is 4.71. The number of rotatable bonds is 0. The molecule has 0 spiro atoms. The summed E-state index contributed by atoms with van der Waals surface area (Å²) in [5.74, 6) is 2.10. The van der Waals surface area contributed by atoms with Crippen molar-refractivity contribution in [1.82, 2.24) is 0 Å². The number of aryl methyl sites for hydroxylation is 2. The van der Waals surface area contributed by atoms with Gasteiger partial charge in [-0.25, -0.2) is 0 Å². The molecule has 1 aromatic rings. The van der Waals surface area contributed by atoms with E-state index in [1.165, 1.54) is 23.1 Å². The molecule has 2 atom stereocenters. The third-order valence-electron chi connectivity index (χ3n) is 3.39. The molecule has 1 fully saturated rings. The molecule has 0 N–H and O–H groups in total. The van der Waals surface area contributed by atoms with Gasteiger partial charge in [-0.1, -0.05) is 32.0 Å². The maximum absolute atomic E-state index is 2.30. The fourth-order valence-corrected chi connectivity index (χ4v) is 1.41. The van der Waals surface area contributed by atoms with Gasteiger partial charge in [-0.05, 0) is 55.7 Å². The van der Waals surface area contributed by atoms with E-state index in [1.807, 2.05) is 0 Å². The van der Waals surface area contributed by atoms with Gasteiger partial charge < -0.3 is 0 Å². The zero-order valence-electron chi connectivity index (χ0n) is 10.1. The first-order valence-electron chi connectivity index (χ1n) is 5.55. The Kier molecular flexibility index (Phi) is 3.74. The smallest absolute Gasteiger partial charge is 0.0392 e. The Morgan fingerprint density at radius 3 is 1.50 bits per heavy atom. The Morgan fingerprint density at radius 1 is 0.929 bits per heavy atom. The van der Waals surface area contributed by atoms with Crippen molar-refractivity contribution in [2.75, 3.05) is 0 Å². The highest BCUT2D eigenvalue weighted by Crippen LogP contribution is 2.36. The lowest BCUT2D eigenvalue weighted by Gasteiger charge is -2.00. The summed E-state index contributed by atoms with van der Waals surface area (Å²) in [7, 11) is 0. The first-order chi connectivity index (χ1) is 6.52. The first-order valence-corrected chi connectivity index (χ1v) is 5.55. The normalized spacial score (nSPS) is 23.8. The number of hydrogen-bond donors (Lipinski definition) is 0. The van der Waals surface area contributed by atoms with E-state index in [1.54, 1.807) is 0 Å². The quantitative estimate of drug-likeness (QED) is 0.573. The SMILES string of the molecule is CC1CC1C.Cc1cccc(C)c1C. The van der Waals surface area contributed by atoms with Crippen molar-refractivity contribution >= 4 is 0 Å². The van der Waals surface area contributed by atoms with E-state index < -0.39 is 0 Å². The van der Waals surface area contributed by atoms with Gasteiger partial charge in [0.15, 0.2) is 0 Å². The molecule has 0 bridgehead atoms. The zero-order valence-corrected chi connectivity index (χ0v) is 10.1. The standard InChI is InChI=1S/C9H12.C5H10/c1-7-5-4-6-8(2)9(7)3;1-4-3-5(4)2/h4-6H,1-3H3;4-5H,3H2,1-2H3. The molecule has 0 nitrogen and oxygen atoms in total. The largest absolute Gasteiger partial charge is 0.0622 e. The number of benzene rings is 1. The van der Waals surface area contributed by atoms with Crippen LogP contribution in [0.4, 0.5) is 0 Å². The van der Waals surface area contributed by atoms with E-state index in [4.69, 9.17) is 0 Å². The Morgan fingerprint density at radius 2 is 1.29 bits per heavy atom. The summed E-state index contributed by atoms with van der Waals surface area (Å²) in [6, 6.07) is 6.38. The fraction of sp³-hybridized carbons (Fsp3) is 0.571. The minimum absolute atomic E-state index is 1.05. The monoisotopic (exact) mass is 190 g/mol. The van der Waals surface area contributed by atoms with E-state index in [-0.39, 0.29) is 0 Å². The minimum atomic E-state index is 1.05. The lowest BCUT2D eigenvalue weighted by atomic mass is 10.1. The predicted octanol–water partition coefficient (Wildman–Crippen LogP) is 4.27. The van der Waals surface area contributed by atoms with Gasteiger partial charge in [0.05, 0.1) is 0 Å². The molecule has 0 aromatic heterocycles. The summed E-state index contributed by atoms with van der Waals surface area (Å²) < 4.78 is 0. The van der Waals surface area contributed by atoms with Crippen molar-refractivity contribution in [3.8, 4) is 0 Å². The summed E-state index contributed by atoms with van der Waals surface area (Å²) >= 11 is 0. The van der Waals surface area contributed by atoms with Gasteiger partial charge >= 0.3 is 0 Å². The van der Waals surface area contributed by atoms with Gasteiger partial charge in [-0.2, -0.15) is 0 Å². The molecule has 1 saturated carbocycles. The second kappa shape index (κ2) is 4.63. The Bertz CT molecular complexity index is 273. The van der Waals surface area contributed by atoms with Crippen LogP contribution in [0, 0.1) is 32.6 Å². The summed E-state index contributed by atoms with van der Waals surface area (Å²) in [6.45, 7) is 11.0. The molecule has 0 amide bonds. The Balaban J connectivity index is 0.000000165. The Hall–Kier alpha value is -0.780. The van der Waals surface area contributed by atoms with Crippen LogP contribution in [0.15, 0.2) is 18.2 Å². The van der Waals surface area contributed by atoms with Crippen LogP contribution in [-0.2, 0) is 0 Å². The maximum Gasteiger partial charge on any atom is -0.0392 e. The third-order valence-corrected chi connectivity index (χ3v) is 3.39. The highest BCUT2D eigenvalue weighted by atomic mass is 14.3. The van der Waals surface area contributed by atoms with Gasteiger partial charge in [0.2, 0.25) is 0 Å². The highest BCUT2D eigenvalue weighted by Gasteiger charge is 2.26. The third kappa shape index (κ3) is 3.17. The van der Waals surface area contributed by atoms with E-state index in [9.17, 15) is 0 Å². The molecule has 1 aliphatic rings. The van der Waals surface area contributed by atoms with E-state index in [0.29, 0.717) is 0 Å². The summed E-state index contributed by atoms with van der Waals surface area (Å²) in [4.78, 5) is 0. The number of hydrogen-bond acceptors (Lipinski definition) is 0. The predicted molar refractivity (Wildman–Crippen MR) is 63.6 cm³/mol. The maximum atomic E-state index is 2.30. The molecule has 1 aliphatic carbocycles. The lowest BCUT2D eigenvalue weighted by Crippen LogP contribution is -1.82. The molecule has 2 rings (SSSR count). The van der Waals surface area contributed by atoms with Crippen LogP contribution in [0.2, 0.25) is 0 Å². The topological polar surface area (TPSA) is 0 Å². The average molecular weight is 190 g/mol. The van der Waals surface area contributed by atoms with Gasteiger partial charge in [0.25, 0.3) is 0 Å². The molecule has 2 unspecified atom stereocenters. The van der Waals surface area contributed by atoms with Crippen LogP contribution >= 0.6 is 0 Å². The molecular formula is C14H22. The van der Waals surface area contributed by atoms with Crippen LogP contribution in [0.5, 0.6) is 0 Å². The summed E-state index contributed by atoms with van der Waals surface area (Å²) in [6.07, 6.45) is 1.47. The van der Waals surface area contributed by atoms with E-state index >= 15 is 0 Å². The van der Waals surface area contributed by atoms with Crippen LogP contribution in [0.3, 0.4) is 0 Å². The molecule has 1 aromatic carbocycles. The molecular weight excluding hydrogens is 168 g/mol. The lowest BCUT2D eigenvalue weighted by molar-refractivity contribution is 0.834. The van der Waals surface area contributed by atoms with Crippen molar-refractivity contribution in [2.45, 2.75) is 41.0 Å². The van der Waals surface area contributed by atoms with Crippen molar-refractivity contribution in [3.05, 3.63) is 34.9 Å². The van der Waals surface area contributed by atoms with Gasteiger partial charge in [-0.3, -0.25) is 0 Å². The van der Waals surface area contributed by atoms with Crippen LogP contribution < -0.4 is 0 Å². The van der Waals surface area contributed by atoms with Gasteiger partial charge in [-0.15, -0.1) is 0 Å². The molecule has 0 heteroatoms. The molecule has 0 radical (unpaired) electrons. The highest BCUT2D eigenvalue weighted by molar-refractivity contribution is 5.31. The molecule has 0 saturated heterocycles. The molecule has 14 heavy (non-hydrogen) atoms. The molecule has 0 heterocycles. The van der Waals surface area contributed by atoms with E-state index in [2.05, 4.69) is 52.8 Å². The van der Waals surface area contributed by atoms with E-state index in [0.717, 1.165) is 11.8 Å². The van der Waals surface area contributed by atoms with Crippen LogP contribution in [0.25, 0.3) is 0 Å². The van der Waals surface area contributed by atoms with Crippen molar-refractivity contribution in [3.63, 3.8) is 0 Å². The van der Waals surface area contributed by atoms with Crippen molar-refractivity contribution < 1.29 is 0 Å². The fourth-order valence-electron chi connectivity index (χ4n) is 1.41. The van der Waals surface area contributed by atoms with Crippen molar-refractivity contribution in [1.29, 1.82) is 0 Å². The Labute approximate surface area is 88.4 Å². The van der Waals surface area contributed by atoms with Crippen molar-refractivity contribution in [2.24, 2.45) is 11.8 Å². The summed E-state index contributed by atoms with van der Waals surface area (Å²) in [5, 5.41) is 0. The van der Waals surface area contributed by atoms with Crippen LogP contribution in [0.1, 0.15) is 37.0 Å². The van der Waals surface area contributed by atoms with Gasteiger partial charge in [0, 0.05) is 0 Å². The average Bonchev–Trinajstić information content (AvgIpc) is 2.77. The molecule has 78 valence electrons. The first kappa shape index (κ1) is 11.3. The minimum Gasteiger partial charge on any atom is -0.0622 e. The summed E-state index contributed by atoms with van der Waals surface area (Å²) in [5.41, 5.74) is 4.18. The zero-order chi connectivity index (χ0) is 10.7. The second-order valence-corrected chi connectivity index (χ2v) is 4.71.